The highest BCUT2D eigenvalue weighted by Crippen LogP contribution is 2.28. The molecule has 0 aliphatic heterocycles. The highest BCUT2D eigenvalue weighted by molar-refractivity contribution is 5.79. The summed E-state index contributed by atoms with van der Waals surface area (Å²) in [6.07, 6.45) is 6.55. The number of hydrogen-bond donors (Lipinski definition) is 1. The first-order valence-corrected chi connectivity index (χ1v) is 8.81. The minimum atomic E-state index is -0.871. The van der Waals surface area contributed by atoms with Gasteiger partial charge in [0.15, 0.2) is 6.61 Å². The predicted molar refractivity (Wildman–Crippen MR) is 90.1 cm³/mol. The molecule has 0 saturated heterocycles. The number of rotatable bonds is 7. The van der Waals surface area contributed by atoms with E-state index in [1.54, 1.807) is 11.8 Å². The lowest BCUT2D eigenvalue weighted by atomic mass is 9.92. The van der Waals surface area contributed by atoms with Gasteiger partial charge in [0.05, 0.1) is 5.92 Å². The quantitative estimate of drug-likeness (QED) is 0.834. The molecule has 0 spiro atoms. The number of aryl methyl sites for hydroxylation is 2. The molecule has 0 heterocycles. The number of nitrogens with zero attached hydrogens (tertiary/aromatic N) is 1. The number of hydrogen-bond acceptors (Lipinski definition) is 3. The SMILES string of the molecule is CC(CN(C(=O)COc1ccc2c(c1)CCCC2)C1CC1)C(=O)O. The van der Waals surface area contributed by atoms with Crippen molar-refractivity contribution in [2.75, 3.05) is 13.2 Å². The van der Waals surface area contributed by atoms with Crippen molar-refractivity contribution < 1.29 is 19.4 Å². The largest absolute Gasteiger partial charge is 0.484 e. The van der Waals surface area contributed by atoms with Crippen LogP contribution in [0.25, 0.3) is 0 Å². The summed E-state index contributed by atoms with van der Waals surface area (Å²) >= 11 is 0. The molecule has 2 aliphatic rings. The second kappa shape index (κ2) is 7.24. The molecule has 1 amide bonds. The van der Waals surface area contributed by atoms with Crippen LogP contribution >= 0.6 is 0 Å². The summed E-state index contributed by atoms with van der Waals surface area (Å²) in [4.78, 5) is 25.2. The van der Waals surface area contributed by atoms with Gasteiger partial charge in [-0.25, -0.2) is 0 Å². The third kappa shape index (κ3) is 4.08. The summed E-state index contributed by atoms with van der Waals surface area (Å²) in [6.45, 7) is 1.86. The standard InChI is InChI=1S/C19H25NO4/c1-13(19(22)23)11-20(16-7-8-16)18(21)12-24-17-9-6-14-4-2-3-5-15(14)10-17/h6,9-10,13,16H,2-5,7-8,11-12H2,1H3,(H,22,23). The topological polar surface area (TPSA) is 66.8 Å². The van der Waals surface area contributed by atoms with Gasteiger partial charge in [-0.2, -0.15) is 0 Å². The Morgan fingerprint density at radius 2 is 1.96 bits per heavy atom. The number of carboxylic acids is 1. The van der Waals surface area contributed by atoms with Crippen LogP contribution in [0.2, 0.25) is 0 Å². The van der Waals surface area contributed by atoms with Crippen LogP contribution in [0.15, 0.2) is 18.2 Å². The lowest BCUT2D eigenvalue weighted by Crippen LogP contribution is -2.41. The Morgan fingerprint density at radius 3 is 2.62 bits per heavy atom. The van der Waals surface area contributed by atoms with E-state index in [-0.39, 0.29) is 25.1 Å². The summed E-state index contributed by atoms with van der Waals surface area (Å²) in [5.74, 6) is -0.822. The average Bonchev–Trinajstić information content (AvgIpc) is 3.41. The van der Waals surface area contributed by atoms with Gasteiger partial charge < -0.3 is 14.7 Å². The fraction of sp³-hybridized carbons (Fsp3) is 0.579. The van der Waals surface area contributed by atoms with Gasteiger partial charge >= 0.3 is 5.97 Å². The van der Waals surface area contributed by atoms with E-state index in [1.807, 2.05) is 12.1 Å². The first kappa shape index (κ1) is 16.8. The van der Waals surface area contributed by atoms with Crippen molar-refractivity contribution in [2.24, 2.45) is 5.92 Å². The Morgan fingerprint density at radius 1 is 1.25 bits per heavy atom. The van der Waals surface area contributed by atoms with Crippen LogP contribution < -0.4 is 4.74 Å². The van der Waals surface area contributed by atoms with E-state index in [0.29, 0.717) is 0 Å². The first-order valence-electron chi connectivity index (χ1n) is 8.81. The number of carboxylic acid groups (broad SMARTS) is 1. The van der Waals surface area contributed by atoms with Crippen LogP contribution in [-0.4, -0.2) is 41.1 Å². The van der Waals surface area contributed by atoms with Crippen molar-refractivity contribution in [3.63, 3.8) is 0 Å². The Kier molecular flexibility index (Phi) is 5.07. The van der Waals surface area contributed by atoms with E-state index in [4.69, 9.17) is 9.84 Å². The molecular formula is C19H25NO4. The zero-order valence-corrected chi connectivity index (χ0v) is 14.2. The fourth-order valence-electron chi connectivity index (χ4n) is 3.24. The zero-order chi connectivity index (χ0) is 17.1. The summed E-state index contributed by atoms with van der Waals surface area (Å²) in [6, 6.07) is 6.26. The van der Waals surface area contributed by atoms with E-state index >= 15 is 0 Å². The van der Waals surface area contributed by atoms with Crippen LogP contribution in [0, 0.1) is 5.92 Å². The first-order chi connectivity index (χ1) is 11.5. The van der Waals surface area contributed by atoms with E-state index in [9.17, 15) is 9.59 Å². The van der Waals surface area contributed by atoms with Gasteiger partial charge in [-0.15, -0.1) is 0 Å². The Labute approximate surface area is 142 Å². The van der Waals surface area contributed by atoms with E-state index in [2.05, 4.69) is 6.07 Å². The van der Waals surface area contributed by atoms with Gasteiger partial charge in [-0.1, -0.05) is 13.0 Å². The lowest BCUT2D eigenvalue weighted by molar-refractivity contribution is -0.143. The molecule has 1 atom stereocenters. The summed E-state index contributed by atoms with van der Waals surface area (Å²) in [7, 11) is 0. The highest BCUT2D eigenvalue weighted by Gasteiger charge is 2.34. The number of amides is 1. The second-order valence-electron chi connectivity index (χ2n) is 6.94. The van der Waals surface area contributed by atoms with Gasteiger partial charge in [-0.05, 0) is 61.8 Å². The third-order valence-corrected chi connectivity index (χ3v) is 4.88. The molecule has 130 valence electrons. The van der Waals surface area contributed by atoms with Crippen molar-refractivity contribution in [3.05, 3.63) is 29.3 Å². The van der Waals surface area contributed by atoms with Crippen LogP contribution in [0.3, 0.4) is 0 Å². The molecule has 1 saturated carbocycles. The number of fused-ring (bicyclic) bond motifs is 1. The maximum Gasteiger partial charge on any atom is 0.308 e. The Bertz CT molecular complexity index is 624. The molecule has 5 nitrogen and oxygen atoms in total. The van der Waals surface area contributed by atoms with E-state index in [1.165, 1.54) is 24.0 Å². The predicted octanol–water partition coefficient (Wildman–Crippen LogP) is 2.66. The minimum absolute atomic E-state index is 0.0262. The van der Waals surface area contributed by atoms with Crippen molar-refractivity contribution >= 4 is 11.9 Å². The molecule has 1 aromatic carbocycles. The van der Waals surface area contributed by atoms with Crippen LogP contribution in [0.5, 0.6) is 5.75 Å². The van der Waals surface area contributed by atoms with Gasteiger partial charge in [0.2, 0.25) is 0 Å². The van der Waals surface area contributed by atoms with Crippen molar-refractivity contribution in [2.45, 2.75) is 51.5 Å². The summed E-state index contributed by atoms with van der Waals surface area (Å²) < 4.78 is 5.70. The number of benzene rings is 1. The molecule has 3 rings (SSSR count). The molecule has 1 unspecified atom stereocenters. The molecule has 0 bridgehead atoms. The average molecular weight is 331 g/mol. The van der Waals surface area contributed by atoms with E-state index < -0.39 is 11.9 Å². The zero-order valence-electron chi connectivity index (χ0n) is 14.2. The van der Waals surface area contributed by atoms with Crippen LogP contribution in [0.1, 0.15) is 43.7 Å². The molecule has 1 N–H and O–H groups in total. The van der Waals surface area contributed by atoms with Crippen LogP contribution in [-0.2, 0) is 22.4 Å². The van der Waals surface area contributed by atoms with E-state index in [0.717, 1.165) is 31.4 Å². The van der Waals surface area contributed by atoms with Crippen molar-refractivity contribution in [3.8, 4) is 5.75 Å². The van der Waals surface area contributed by atoms with Crippen molar-refractivity contribution in [1.82, 2.24) is 4.90 Å². The molecule has 1 aromatic rings. The highest BCUT2D eigenvalue weighted by atomic mass is 16.5. The maximum atomic E-state index is 12.5. The molecule has 24 heavy (non-hydrogen) atoms. The lowest BCUT2D eigenvalue weighted by Gasteiger charge is -2.24. The summed E-state index contributed by atoms with van der Waals surface area (Å²) in [5.41, 5.74) is 2.71. The van der Waals surface area contributed by atoms with Gasteiger partial charge in [0, 0.05) is 12.6 Å². The Balaban J connectivity index is 1.58. The number of aliphatic carboxylic acids is 1. The summed E-state index contributed by atoms with van der Waals surface area (Å²) in [5, 5.41) is 9.07. The normalized spacial score (nSPS) is 17.7. The fourth-order valence-corrected chi connectivity index (χ4v) is 3.24. The molecule has 2 aliphatic carbocycles. The maximum absolute atomic E-state index is 12.5. The van der Waals surface area contributed by atoms with Crippen LogP contribution in [0.4, 0.5) is 0 Å². The number of ether oxygens (including phenoxy) is 1. The molecule has 0 radical (unpaired) electrons. The van der Waals surface area contributed by atoms with Gasteiger partial charge in [0.25, 0.3) is 5.91 Å². The number of carbonyl (C=O) groups is 2. The smallest absolute Gasteiger partial charge is 0.308 e. The minimum Gasteiger partial charge on any atom is -0.484 e. The number of carbonyl (C=O) groups excluding carboxylic acids is 1. The third-order valence-electron chi connectivity index (χ3n) is 4.88. The second-order valence-corrected chi connectivity index (χ2v) is 6.94. The van der Waals surface area contributed by atoms with Crippen molar-refractivity contribution in [1.29, 1.82) is 0 Å². The monoisotopic (exact) mass is 331 g/mol. The van der Waals surface area contributed by atoms with Gasteiger partial charge in [0.1, 0.15) is 5.75 Å². The Hall–Kier alpha value is -2.04. The molecule has 5 heteroatoms. The molecule has 0 aromatic heterocycles. The molecular weight excluding hydrogens is 306 g/mol. The molecule has 1 fully saturated rings. The van der Waals surface area contributed by atoms with Gasteiger partial charge in [-0.3, -0.25) is 9.59 Å².